The average Bonchev–Trinajstić information content (AvgIpc) is 3.08. The molecule has 2 aromatic carbocycles. The maximum absolute atomic E-state index is 13.2. The number of aromatic nitrogens is 4. The van der Waals surface area contributed by atoms with Crippen molar-refractivity contribution >= 4 is 27.5 Å². The Labute approximate surface area is 155 Å². The summed E-state index contributed by atoms with van der Waals surface area (Å²) in [5.41, 5.74) is 3.44. The number of nitrogens with zero attached hydrogens (tertiary/aromatic N) is 5. The highest BCUT2D eigenvalue weighted by Gasteiger charge is 2.13. The van der Waals surface area contributed by atoms with E-state index in [0.29, 0.717) is 5.39 Å². The van der Waals surface area contributed by atoms with Gasteiger partial charge in [-0.05, 0) is 36.4 Å². The summed E-state index contributed by atoms with van der Waals surface area (Å²) >= 11 is 0. The van der Waals surface area contributed by atoms with E-state index in [-0.39, 0.29) is 5.56 Å². The number of benzene rings is 2. The van der Waals surface area contributed by atoms with Crippen molar-refractivity contribution in [2.24, 2.45) is 7.05 Å². The Morgan fingerprint density at radius 1 is 1.00 bits per heavy atom. The first kappa shape index (κ1) is 16.0. The van der Waals surface area contributed by atoms with Gasteiger partial charge in [0.05, 0.1) is 22.1 Å². The molecule has 2 aromatic heterocycles. The first-order valence-corrected chi connectivity index (χ1v) is 9.10. The van der Waals surface area contributed by atoms with Crippen LogP contribution in [-0.4, -0.2) is 45.5 Å². The lowest BCUT2D eigenvalue weighted by atomic mass is 10.2. The highest BCUT2D eigenvalue weighted by Crippen LogP contribution is 2.21. The summed E-state index contributed by atoms with van der Waals surface area (Å²) in [6.07, 6.45) is 3.55. The lowest BCUT2D eigenvalue weighted by Gasteiger charge is -2.29. The predicted molar refractivity (Wildman–Crippen MR) is 107 cm³/mol. The van der Waals surface area contributed by atoms with Gasteiger partial charge in [0.15, 0.2) is 0 Å². The third-order valence-corrected chi connectivity index (χ3v) is 5.10. The molecule has 0 spiro atoms. The molecule has 1 fully saturated rings. The summed E-state index contributed by atoms with van der Waals surface area (Å²) in [6.45, 7) is 3.80. The molecule has 0 atom stereocenters. The zero-order valence-corrected chi connectivity index (χ0v) is 15.1. The van der Waals surface area contributed by atoms with E-state index in [1.54, 1.807) is 15.6 Å². The van der Waals surface area contributed by atoms with Gasteiger partial charge in [0, 0.05) is 50.5 Å². The Balaban J connectivity index is 1.63. The topological polar surface area (TPSA) is 68.0 Å². The van der Waals surface area contributed by atoms with Crippen LogP contribution in [0.3, 0.4) is 0 Å². The van der Waals surface area contributed by atoms with Crippen LogP contribution in [0.4, 0.5) is 5.69 Å². The van der Waals surface area contributed by atoms with E-state index in [1.807, 2.05) is 49.6 Å². The average molecular weight is 360 g/mol. The number of piperazine rings is 1. The smallest absolute Gasteiger partial charge is 0.265 e. The van der Waals surface area contributed by atoms with Gasteiger partial charge in [-0.3, -0.25) is 14.0 Å². The van der Waals surface area contributed by atoms with Crippen LogP contribution in [0.2, 0.25) is 0 Å². The van der Waals surface area contributed by atoms with Gasteiger partial charge >= 0.3 is 0 Å². The van der Waals surface area contributed by atoms with Gasteiger partial charge in [-0.2, -0.15) is 5.10 Å². The highest BCUT2D eigenvalue weighted by atomic mass is 16.1. The molecule has 0 radical (unpaired) electrons. The molecule has 7 heteroatoms. The Morgan fingerprint density at radius 2 is 1.78 bits per heavy atom. The Bertz CT molecular complexity index is 1200. The van der Waals surface area contributed by atoms with E-state index in [1.165, 1.54) is 0 Å². The van der Waals surface area contributed by atoms with Crippen LogP contribution in [0.25, 0.3) is 27.5 Å². The quantitative estimate of drug-likeness (QED) is 0.589. The third-order valence-electron chi connectivity index (χ3n) is 5.10. The molecule has 5 rings (SSSR count). The summed E-state index contributed by atoms with van der Waals surface area (Å²) in [4.78, 5) is 20.0. The van der Waals surface area contributed by atoms with Crippen LogP contribution < -0.4 is 15.8 Å². The molecule has 0 aliphatic carbocycles. The number of aryl methyl sites for hydroxylation is 1. The summed E-state index contributed by atoms with van der Waals surface area (Å²) in [5.74, 6) is 0. The zero-order chi connectivity index (χ0) is 18.4. The number of anilines is 1. The normalized spacial score (nSPS) is 14.9. The molecule has 1 saturated heterocycles. The summed E-state index contributed by atoms with van der Waals surface area (Å²) in [5, 5.41) is 9.38. The summed E-state index contributed by atoms with van der Waals surface area (Å²) in [6, 6.07) is 11.8. The van der Waals surface area contributed by atoms with Crippen molar-refractivity contribution in [3.05, 3.63) is 59.3 Å². The number of rotatable bonds is 2. The van der Waals surface area contributed by atoms with E-state index in [4.69, 9.17) is 0 Å². The molecule has 0 bridgehead atoms. The monoisotopic (exact) mass is 360 g/mol. The van der Waals surface area contributed by atoms with E-state index in [9.17, 15) is 4.79 Å². The van der Waals surface area contributed by atoms with Gasteiger partial charge in [0.2, 0.25) is 0 Å². The van der Waals surface area contributed by atoms with Gasteiger partial charge in [-0.25, -0.2) is 4.98 Å². The minimum atomic E-state index is -0.0553. The predicted octanol–water partition coefficient (Wildman–Crippen LogP) is 1.68. The van der Waals surface area contributed by atoms with Gasteiger partial charge in [0.1, 0.15) is 6.33 Å². The van der Waals surface area contributed by atoms with Crippen molar-refractivity contribution in [1.82, 2.24) is 24.6 Å². The molecule has 0 amide bonds. The van der Waals surface area contributed by atoms with Crippen molar-refractivity contribution in [3.63, 3.8) is 0 Å². The van der Waals surface area contributed by atoms with E-state index in [0.717, 1.165) is 54.0 Å². The molecule has 136 valence electrons. The van der Waals surface area contributed by atoms with Crippen molar-refractivity contribution in [2.75, 3.05) is 31.1 Å². The SMILES string of the molecule is Cn1cc2cc(-n3cnc4ccc(N5CCNCC5)cc4c3=O)ccc2n1. The maximum Gasteiger partial charge on any atom is 0.265 e. The van der Waals surface area contributed by atoms with Crippen molar-refractivity contribution in [1.29, 1.82) is 0 Å². The second-order valence-corrected chi connectivity index (χ2v) is 6.90. The zero-order valence-electron chi connectivity index (χ0n) is 15.1. The molecule has 27 heavy (non-hydrogen) atoms. The first-order valence-electron chi connectivity index (χ1n) is 9.10. The van der Waals surface area contributed by atoms with Crippen LogP contribution in [0.1, 0.15) is 0 Å². The number of hydrogen-bond acceptors (Lipinski definition) is 5. The molecular weight excluding hydrogens is 340 g/mol. The van der Waals surface area contributed by atoms with Gasteiger partial charge < -0.3 is 10.2 Å². The van der Waals surface area contributed by atoms with Gasteiger partial charge in [-0.15, -0.1) is 0 Å². The minimum Gasteiger partial charge on any atom is -0.369 e. The van der Waals surface area contributed by atoms with Crippen LogP contribution >= 0.6 is 0 Å². The number of nitrogens with one attached hydrogen (secondary N) is 1. The molecular formula is C20H20N6O. The van der Waals surface area contributed by atoms with Gasteiger partial charge in [-0.1, -0.05) is 0 Å². The molecule has 3 heterocycles. The second-order valence-electron chi connectivity index (χ2n) is 6.90. The molecule has 4 aromatic rings. The highest BCUT2D eigenvalue weighted by molar-refractivity contribution is 5.83. The minimum absolute atomic E-state index is 0.0553. The fourth-order valence-corrected chi connectivity index (χ4v) is 3.70. The van der Waals surface area contributed by atoms with E-state index < -0.39 is 0 Å². The molecule has 0 unspecified atom stereocenters. The first-order chi connectivity index (χ1) is 13.2. The lowest BCUT2D eigenvalue weighted by Crippen LogP contribution is -2.43. The molecule has 1 aliphatic heterocycles. The second kappa shape index (κ2) is 6.21. The molecule has 1 N–H and O–H groups in total. The van der Waals surface area contributed by atoms with Crippen molar-refractivity contribution in [2.45, 2.75) is 0 Å². The summed E-state index contributed by atoms with van der Waals surface area (Å²) < 4.78 is 3.38. The number of hydrogen-bond donors (Lipinski definition) is 1. The fourth-order valence-electron chi connectivity index (χ4n) is 3.70. The Morgan fingerprint density at radius 3 is 2.63 bits per heavy atom. The van der Waals surface area contributed by atoms with Crippen molar-refractivity contribution < 1.29 is 0 Å². The van der Waals surface area contributed by atoms with Crippen LogP contribution in [-0.2, 0) is 7.05 Å². The summed E-state index contributed by atoms with van der Waals surface area (Å²) in [7, 11) is 1.89. The van der Waals surface area contributed by atoms with Gasteiger partial charge in [0.25, 0.3) is 5.56 Å². The Kier molecular flexibility index (Phi) is 3.68. The third kappa shape index (κ3) is 2.76. The lowest BCUT2D eigenvalue weighted by molar-refractivity contribution is 0.589. The maximum atomic E-state index is 13.2. The van der Waals surface area contributed by atoms with Crippen LogP contribution in [0.15, 0.2) is 53.7 Å². The van der Waals surface area contributed by atoms with E-state index >= 15 is 0 Å². The number of fused-ring (bicyclic) bond motifs is 2. The standard InChI is InChI=1S/C20H20N6O/c1-24-12-14-10-16(3-4-18(14)23-24)26-13-22-19-5-2-15(11-17(19)20(26)27)25-8-6-21-7-9-25/h2-5,10-13,21H,6-9H2,1H3. The Hall–Kier alpha value is -3.19. The molecule has 7 nitrogen and oxygen atoms in total. The van der Waals surface area contributed by atoms with Crippen molar-refractivity contribution in [3.8, 4) is 5.69 Å². The van der Waals surface area contributed by atoms with Crippen LogP contribution in [0.5, 0.6) is 0 Å². The fraction of sp³-hybridized carbons (Fsp3) is 0.250. The van der Waals surface area contributed by atoms with E-state index in [2.05, 4.69) is 20.3 Å². The molecule has 1 aliphatic rings. The molecule has 0 saturated carbocycles. The largest absolute Gasteiger partial charge is 0.369 e. The van der Waals surface area contributed by atoms with Crippen LogP contribution in [0, 0.1) is 0 Å².